The molecule has 4 aromatic heterocycles. The first-order chi connectivity index (χ1) is 29.8. The third kappa shape index (κ3) is 7.59. The van der Waals surface area contributed by atoms with Gasteiger partial charge in [-0.1, -0.05) is 30.1 Å². The molecule has 17 nitrogen and oxygen atoms in total. The third-order valence-corrected chi connectivity index (χ3v) is 13.1. The van der Waals surface area contributed by atoms with Crippen LogP contribution in [0.4, 0.5) is 11.5 Å². The highest BCUT2D eigenvalue weighted by molar-refractivity contribution is 6.06. The molecular formula is C44H50N12O5. The molecule has 1 atom stereocenters. The van der Waals surface area contributed by atoms with Gasteiger partial charge in [-0.05, 0) is 81.3 Å². The maximum Gasteiger partial charge on any atom is 0.255 e. The second-order valence-corrected chi connectivity index (χ2v) is 17.1. The average Bonchev–Trinajstić information content (AvgIpc) is 3.76. The van der Waals surface area contributed by atoms with Crippen LogP contribution in [-0.4, -0.2) is 109 Å². The first-order valence-corrected chi connectivity index (χ1v) is 21.7. The molecule has 2 saturated carbocycles. The van der Waals surface area contributed by atoms with Crippen molar-refractivity contribution in [2.75, 3.05) is 49.9 Å². The molecule has 2 aliphatic carbocycles. The highest BCUT2D eigenvalue weighted by Gasteiger charge is 2.41. The summed E-state index contributed by atoms with van der Waals surface area (Å²) in [6.45, 7) is 5.77. The molecule has 316 valence electrons. The van der Waals surface area contributed by atoms with E-state index in [-0.39, 0.29) is 42.0 Å². The van der Waals surface area contributed by atoms with Crippen LogP contribution in [0.1, 0.15) is 97.8 Å². The summed E-state index contributed by atoms with van der Waals surface area (Å²) in [7, 11) is 0. The fourth-order valence-electron chi connectivity index (χ4n) is 9.40. The number of unbranched alkanes of at least 4 members (excludes halogenated alkanes) is 3. The van der Waals surface area contributed by atoms with Gasteiger partial charge in [-0.25, -0.2) is 14.6 Å². The number of nitrogen functional groups attached to an aromatic ring is 1. The van der Waals surface area contributed by atoms with Crippen molar-refractivity contribution in [2.24, 2.45) is 5.92 Å². The summed E-state index contributed by atoms with van der Waals surface area (Å²) in [6.07, 6.45) is 11.4. The van der Waals surface area contributed by atoms with Crippen molar-refractivity contribution in [3.05, 3.63) is 65.8 Å². The number of hydrogen-bond acceptors (Lipinski definition) is 13. The van der Waals surface area contributed by atoms with Crippen molar-refractivity contribution in [3.8, 4) is 22.6 Å². The number of carbonyl (C=O) groups excluding carboxylic acids is 4. The topological polar surface area (TPSA) is 211 Å². The van der Waals surface area contributed by atoms with Crippen molar-refractivity contribution in [1.29, 1.82) is 0 Å². The zero-order valence-electron chi connectivity index (χ0n) is 34.1. The molecule has 10 rings (SSSR count). The Hall–Kier alpha value is -6.23. The molecule has 17 heteroatoms. The molecule has 1 unspecified atom stereocenters. The van der Waals surface area contributed by atoms with Gasteiger partial charge in [-0.3, -0.25) is 34.4 Å². The van der Waals surface area contributed by atoms with Crippen LogP contribution in [0.15, 0.2) is 53.4 Å². The molecule has 0 spiro atoms. The number of hydrogen-bond donors (Lipinski definition) is 3. The van der Waals surface area contributed by atoms with Crippen molar-refractivity contribution in [3.63, 3.8) is 0 Å². The van der Waals surface area contributed by atoms with Gasteiger partial charge in [0.05, 0.1) is 22.7 Å². The van der Waals surface area contributed by atoms with E-state index in [0.29, 0.717) is 72.1 Å². The fraction of sp³-hybridized carbons (Fsp3) is 0.477. The Kier molecular flexibility index (Phi) is 10.4. The number of amides is 4. The Morgan fingerprint density at radius 2 is 1.77 bits per heavy atom. The highest BCUT2D eigenvalue weighted by atomic mass is 16.5. The van der Waals surface area contributed by atoms with Crippen LogP contribution >= 0.6 is 0 Å². The lowest BCUT2D eigenvalue weighted by Crippen LogP contribution is -2.52. The van der Waals surface area contributed by atoms with Gasteiger partial charge in [0.2, 0.25) is 17.7 Å². The summed E-state index contributed by atoms with van der Waals surface area (Å²) in [4.78, 5) is 70.4. The number of nitrogens with zero attached hydrogens (tertiary/aromatic N) is 9. The van der Waals surface area contributed by atoms with Crippen LogP contribution in [0.2, 0.25) is 0 Å². The lowest BCUT2D eigenvalue weighted by atomic mass is 9.79. The van der Waals surface area contributed by atoms with E-state index in [2.05, 4.69) is 46.6 Å². The molecule has 4 amide bonds. The van der Waals surface area contributed by atoms with Crippen molar-refractivity contribution < 1.29 is 23.7 Å². The number of piperazine rings is 1. The maximum atomic E-state index is 13.3. The van der Waals surface area contributed by atoms with Crippen LogP contribution in [0.25, 0.3) is 33.7 Å². The third-order valence-electron chi connectivity index (χ3n) is 13.1. The number of piperidine rings is 1. The smallest absolute Gasteiger partial charge is 0.255 e. The van der Waals surface area contributed by atoms with E-state index in [1.165, 1.54) is 6.33 Å². The Morgan fingerprint density at radius 1 is 0.934 bits per heavy atom. The number of fused-ring (bicyclic) bond motifs is 2. The molecule has 0 radical (unpaired) electrons. The van der Waals surface area contributed by atoms with E-state index in [4.69, 9.17) is 15.4 Å². The summed E-state index contributed by atoms with van der Waals surface area (Å²) in [5, 5.41) is 15.7. The number of aromatic nitrogens is 6. The van der Waals surface area contributed by atoms with Crippen LogP contribution < -0.4 is 21.3 Å². The zero-order valence-corrected chi connectivity index (χ0v) is 34.1. The number of pyridine rings is 1. The van der Waals surface area contributed by atoms with E-state index < -0.39 is 6.04 Å². The van der Waals surface area contributed by atoms with Crippen molar-refractivity contribution in [2.45, 2.75) is 88.8 Å². The SMILES string of the molecule is Nc1ncnc2c1c(-c1noc(C3CC3)c1-c1ccccn1)nn2C1CC(C(=O)NCCCCCCN2CCN(c3ccc4c(c3)C(=O)N(C3CCC(=O)NC3=O)C4)CC2)C1. The minimum Gasteiger partial charge on any atom is -0.383 e. The second-order valence-electron chi connectivity index (χ2n) is 17.1. The van der Waals surface area contributed by atoms with Crippen LogP contribution in [0, 0.1) is 5.92 Å². The fourth-order valence-corrected chi connectivity index (χ4v) is 9.40. The molecule has 4 N–H and O–H groups in total. The van der Waals surface area contributed by atoms with Crippen LogP contribution in [-0.2, 0) is 20.9 Å². The number of benzene rings is 1. The normalized spacial score (nSPS) is 21.8. The number of rotatable bonds is 14. The molecule has 5 aliphatic rings. The summed E-state index contributed by atoms with van der Waals surface area (Å²) in [5.41, 5.74) is 12.4. The summed E-state index contributed by atoms with van der Waals surface area (Å²) in [6, 6.07) is 11.2. The predicted octanol–water partition coefficient (Wildman–Crippen LogP) is 4.21. The molecule has 7 heterocycles. The van der Waals surface area contributed by atoms with Crippen LogP contribution in [0.5, 0.6) is 0 Å². The van der Waals surface area contributed by atoms with E-state index in [1.807, 2.05) is 35.0 Å². The molecule has 0 bridgehead atoms. The van der Waals surface area contributed by atoms with E-state index in [9.17, 15) is 19.2 Å². The summed E-state index contributed by atoms with van der Waals surface area (Å²) >= 11 is 0. The largest absolute Gasteiger partial charge is 0.383 e. The monoisotopic (exact) mass is 826 g/mol. The Bertz CT molecular complexity index is 2480. The minimum atomic E-state index is -0.603. The van der Waals surface area contributed by atoms with Gasteiger partial charge < -0.3 is 25.4 Å². The van der Waals surface area contributed by atoms with Gasteiger partial charge in [0, 0.05) is 75.0 Å². The molecule has 2 saturated heterocycles. The summed E-state index contributed by atoms with van der Waals surface area (Å²) < 4.78 is 7.81. The van der Waals surface area contributed by atoms with Gasteiger partial charge in [-0.15, -0.1) is 0 Å². The first-order valence-electron chi connectivity index (χ1n) is 21.7. The van der Waals surface area contributed by atoms with Crippen LogP contribution in [0.3, 0.4) is 0 Å². The average molecular weight is 827 g/mol. The number of imide groups is 1. The van der Waals surface area contributed by atoms with E-state index >= 15 is 0 Å². The molecule has 1 aromatic carbocycles. The van der Waals surface area contributed by atoms with E-state index in [0.717, 1.165) is 99.5 Å². The highest BCUT2D eigenvalue weighted by Crippen LogP contribution is 2.49. The zero-order chi connectivity index (χ0) is 41.6. The van der Waals surface area contributed by atoms with Gasteiger partial charge in [0.15, 0.2) is 5.65 Å². The van der Waals surface area contributed by atoms with Crippen molar-refractivity contribution >= 4 is 46.2 Å². The first kappa shape index (κ1) is 38.9. The molecule has 3 aliphatic heterocycles. The number of nitrogens with two attached hydrogens (primary N) is 1. The van der Waals surface area contributed by atoms with Gasteiger partial charge in [0.25, 0.3) is 5.91 Å². The standard InChI is InChI=1S/C44H50N12O5/c45-40-36-37(38-35(32-7-3-5-14-46-32)39(61-52-38)26-8-9-26)51-56(41(36)49-25-48-40)30-21-28(22-30)42(58)47-15-4-1-2-6-16-53-17-19-54(20-18-53)29-11-10-27-24-55(44(60)31(27)23-29)33-12-13-34(57)50-43(33)59/h3,5,7,10-11,14,23,25-26,28,30,33H,1-2,4,6,8-9,12-13,15-22,24H2,(H,47,58)(H2,45,48,49)(H,50,57,59). The minimum absolute atomic E-state index is 0.00768. The van der Waals surface area contributed by atoms with Gasteiger partial charge in [-0.2, -0.15) is 5.10 Å². The Morgan fingerprint density at radius 3 is 2.56 bits per heavy atom. The molecule has 61 heavy (non-hydrogen) atoms. The second kappa shape index (κ2) is 16.3. The number of nitrogens with one attached hydrogen (secondary N) is 2. The Balaban J connectivity index is 0.656. The molecular weight excluding hydrogens is 777 g/mol. The van der Waals surface area contributed by atoms with Gasteiger partial charge in [0.1, 0.15) is 35.3 Å². The number of carbonyl (C=O) groups is 4. The maximum absolute atomic E-state index is 13.3. The lowest BCUT2D eigenvalue weighted by molar-refractivity contribution is -0.137. The van der Waals surface area contributed by atoms with Crippen molar-refractivity contribution in [1.82, 2.24) is 50.3 Å². The predicted molar refractivity (Wildman–Crippen MR) is 225 cm³/mol. The number of anilines is 2. The molecule has 5 aromatic rings. The van der Waals surface area contributed by atoms with Gasteiger partial charge >= 0.3 is 0 Å². The molecule has 4 fully saturated rings. The quantitative estimate of drug-likeness (QED) is 0.106. The Labute approximate surface area is 352 Å². The summed E-state index contributed by atoms with van der Waals surface area (Å²) in [5.74, 6) is 0.634. The van der Waals surface area contributed by atoms with E-state index in [1.54, 1.807) is 11.1 Å². The lowest BCUT2D eigenvalue weighted by Gasteiger charge is -2.36.